The summed E-state index contributed by atoms with van der Waals surface area (Å²) in [5.74, 6) is 0.693. The number of hydrogen-bond donors (Lipinski definition) is 1. The maximum atomic E-state index is 5.43. The van der Waals surface area contributed by atoms with Crippen molar-refractivity contribution in [3.05, 3.63) is 0 Å². The molecule has 0 aromatic heterocycles. The van der Waals surface area contributed by atoms with Gasteiger partial charge >= 0.3 is 0 Å². The molecular weight excluding hydrogens is 188 g/mol. The van der Waals surface area contributed by atoms with E-state index in [4.69, 9.17) is 4.74 Å². The molecule has 3 heteroatoms. The number of nitrogens with one attached hydrogen (secondary N) is 1. The Morgan fingerprint density at radius 3 is 2.73 bits per heavy atom. The molecule has 1 aliphatic rings. The fourth-order valence-corrected chi connectivity index (χ4v) is 2.28. The van der Waals surface area contributed by atoms with Crippen LogP contribution in [0.25, 0.3) is 0 Å². The van der Waals surface area contributed by atoms with Gasteiger partial charge in [0.15, 0.2) is 0 Å². The summed E-state index contributed by atoms with van der Waals surface area (Å²) < 4.78 is 5.43. The first-order valence-corrected chi connectivity index (χ1v) is 6.09. The highest BCUT2D eigenvalue weighted by atomic mass is 16.5. The number of likely N-dealkylation sites (N-methyl/N-ethyl adjacent to an activating group) is 1. The van der Waals surface area contributed by atoms with E-state index in [-0.39, 0.29) is 0 Å². The van der Waals surface area contributed by atoms with Crippen LogP contribution in [-0.2, 0) is 4.74 Å². The van der Waals surface area contributed by atoms with Crippen LogP contribution in [0.3, 0.4) is 0 Å². The third-order valence-corrected chi connectivity index (χ3v) is 3.43. The topological polar surface area (TPSA) is 24.5 Å². The van der Waals surface area contributed by atoms with E-state index in [0.29, 0.717) is 18.1 Å². The monoisotopic (exact) mass is 214 g/mol. The van der Waals surface area contributed by atoms with Gasteiger partial charge in [0.05, 0.1) is 6.10 Å². The fourth-order valence-electron chi connectivity index (χ4n) is 2.28. The summed E-state index contributed by atoms with van der Waals surface area (Å²) in [5, 5.41) is 3.40. The Balaban J connectivity index is 2.36. The first-order valence-electron chi connectivity index (χ1n) is 6.09. The second-order valence-corrected chi connectivity index (χ2v) is 4.90. The summed E-state index contributed by atoms with van der Waals surface area (Å²) in [7, 11) is 3.88. The van der Waals surface area contributed by atoms with E-state index in [2.05, 4.69) is 31.1 Å². The predicted octanol–water partition coefficient (Wildman–Crippen LogP) is 1.34. The van der Waals surface area contributed by atoms with Crippen LogP contribution in [0.2, 0.25) is 0 Å². The zero-order valence-corrected chi connectivity index (χ0v) is 10.6. The van der Waals surface area contributed by atoms with Crippen molar-refractivity contribution < 1.29 is 4.74 Å². The highest BCUT2D eigenvalue weighted by Gasteiger charge is 2.22. The molecule has 90 valence electrons. The highest BCUT2D eigenvalue weighted by Crippen LogP contribution is 2.14. The first kappa shape index (κ1) is 12.9. The predicted molar refractivity (Wildman–Crippen MR) is 64.2 cm³/mol. The molecule has 2 unspecified atom stereocenters. The second kappa shape index (κ2) is 6.46. The number of methoxy groups -OCH3 is 1. The summed E-state index contributed by atoms with van der Waals surface area (Å²) >= 11 is 0. The van der Waals surface area contributed by atoms with Gasteiger partial charge in [0, 0.05) is 26.2 Å². The average molecular weight is 214 g/mol. The molecule has 0 aromatic rings. The number of likely N-dealkylation sites (tertiary alicyclic amines) is 1. The molecule has 1 saturated heterocycles. The average Bonchev–Trinajstić information content (AvgIpc) is 2.25. The number of hydrogen-bond acceptors (Lipinski definition) is 3. The van der Waals surface area contributed by atoms with E-state index in [1.54, 1.807) is 0 Å². The summed E-state index contributed by atoms with van der Waals surface area (Å²) in [6.45, 7) is 8.03. The van der Waals surface area contributed by atoms with Gasteiger partial charge in [0.25, 0.3) is 0 Å². The smallest absolute Gasteiger partial charge is 0.0698 e. The second-order valence-electron chi connectivity index (χ2n) is 4.90. The molecule has 1 rings (SSSR count). The van der Waals surface area contributed by atoms with Crippen molar-refractivity contribution in [1.29, 1.82) is 0 Å². The Hall–Kier alpha value is -0.120. The molecule has 0 aromatic carbocycles. The van der Waals surface area contributed by atoms with E-state index in [0.717, 1.165) is 13.1 Å². The number of piperidine rings is 1. The maximum absolute atomic E-state index is 5.43. The highest BCUT2D eigenvalue weighted by molar-refractivity contribution is 4.79. The van der Waals surface area contributed by atoms with Gasteiger partial charge in [-0.05, 0) is 32.4 Å². The summed E-state index contributed by atoms with van der Waals surface area (Å²) in [6, 6.07) is 0.598. The van der Waals surface area contributed by atoms with E-state index in [9.17, 15) is 0 Å². The zero-order valence-electron chi connectivity index (χ0n) is 10.6. The van der Waals surface area contributed by atoms with Crippen LogP contribution in [-0.4, -0.2) is 50.8 Å². The van der Waals surface area contributed by atoms with Gasteiger partial charge in [-0.15, -0.1) is 0 Å². The van der Waals surface area contributed by atoms with Crippen LogP contribution in [0.15, 0.2) is 0 Å². The fraction of sp³-hybridized carbons (Fsp3) is 1.00. The van der Waals surface area contributed by atoms with Gasteiger partial charge in [0.2, 0.25) is 0 Å². The molecule has 2 atom stereocenters. The van der Waals surface area contributed by atoms with E-state index in [1.807, 2.05) is 7.11 Å². The van der Waals surface area contributed by atoms with Gasteiger partial charge in [0.1, 0.15) is 0 Å². The lowest BCUT2D eigenvalue weighted by atomic mass is 10.0. The molecule has 15 heavy (non-hydrogen) atoms. The van der Waals surface area contributed by atoms with E-state index < -0.39 is 0 Å². The van der Waals surface area contributed by atoms with Crippen molar-refractivity contribution >= 4 is 0 Å². The number of ether oxygens (including phenoxy) is 1. The van der Waals surface area contributed by atoms with Crippen molar-refractivity contribution in [3.63, 3.8) is 0 Å². The summed E-state index contributed by atoms with van der Waals surface area (Å²) in [5.41, 5.74) is 0. The number of nitrogens with zero attached hydrogens (tertiary/aromatic N) is 1. The van der Waals surface area contributed by atoms with Gasteiger partial charge in [-0.1, -0.05) is 13.8 Å². The number of rotatable bonds is 5. The van der Waals surface area contributed by atoms with Crippen LogP contribution in [0.5, 0.6) is 0 Å². The minimum Gasteiger partial charge on any atom is -0.380 e. The third-order valence-electron chi connectivity index (χ3n) is 3.43. The van der Waals surface area contributed by atoms with Crippen molar-refractivity contribution in [1.82, 2.24) is 10.2 Å². The maximum Gasteiger partial charge on any atom is 0.0698 e. The van der Waals surface area contributed by atoms with Gasteiger partial charge in [-0.2, -0.15) is 0 Å². The van der Waals surface area contributed by atoms with Gasteiger partial charge in [-0.3, -0.25) is 4.90 Å². The minimum atomic E-state index is 0.448. The Bertz CT molecular complexity index is 173. The molecule has 0 radical (unpaired) electrons. The van der Waals surface area contributed by atoms with Crippen LogP contribution < -0.4 is 5.32 Å². The molecule has 3 nitrogen and oxygen atoms in total. The normalized spacial score (nSPS) is 25.8. The van der Waals surface area contributed by atoms with E-state index >= 15 is 0 Å². The largest absolute Gasteiger partial charge is 0.380 e. The van der Waals surface area contributed by atoms with E-state index in [1.165, 1.54) is 19.4 Å². The summed E-state index contributed by atoms with van der Waals surface area (Å²) in [6.07, 6.45) is 2.94. The Labute approximate surface area is 94.2 Å². The molecule has 0 saturated carbocycles. The summed E-state index contributed by atoms with van der Waals surface area (Å²) in [4.78, 5) is 2.53. The van der Waals surface area contributed by atoms with Crippen molar-refractivity contribution in [2.24, 2.45) is 5.92 Å². The third kappa shape index (κ3) is 4.09. The molecule has 1 aliphatic heterocycles. The van der Waals surface area contributed by atoms with Crippen molar-refractivity contribution in [2.45, 2.75) is 38.8 Å². The minimum absolute atomic E-state index is 0.448. The van der Waals surface area contributed by atoms with Gasteiger partial charge < -0.3 is 10.1 Å². The van der Waals surface area contributed by atoms with Gasteiger partial charge in [-0.25, -0.2) is 0 Å². The Morgan fingerprint density at radius 1 is 1.47 bits per heavy atom. The standard InChI is InChI=1S/C12H26N2O/c1-10(2)12(13-3)9-14-7-5-6-11(8-14)15-4/h10-13H,5-9H2,1-4H3. The van der Waals surface area contributed by atoms with Crippen molar-refractivity contribution in [2.75, 3.05) is 33.8 Å². The molecule has 1 fully saturated rings. The van der Waals surface area contributed by atoms with Crippen LogP contribution in [0.4, 0.5) is 0 Å². The lowest BCUT2D eigenvalue weighted by Gasteiger charge is -2.35. The molecular formula is C12H26N2O. The molecule has 1 heterocycles. The van der Waals surface area contributed by atoms with Crippen LogP contribution in [0.1, 0.15) is 26.7 Å². The Morgan fingerprint density at radius 2 is 2.20 bits per heavy atom. The van der Waals surface area contributed by atoms with Crippen molar-refractivity contribution in [3.8, 4) is 0 Å². The zero-order chi connectivity index (χ0) is 11.3. The molecule has 0 amide bonds. The molecule has 0 spiro atoms. The molecule has 0 bridgehead atoms. The lowest BCUT2D eigenvalue weighted by Crippen LogP contribution is -2.47. The quantitative estimate of drug-likeness (QED) is 0.747. The first-order chi connectivity index (χ1) is 7.17. The Kier molecular flexibility index (Phi) is 5.58. The van der Waals surface area contributed by atoms with Crippen LogP contribution in [0, 0.1) is 5.92 Å². The van der Waals surface area contributed by atoms with Crippen LogP contribution >= 0.6 is 0 Å². The molecule has 1 N–H and O–H groups in total. The molecule has 0 aliphatic carbocycles. The SMILES string of the molecule is CNC(CN1CCCC(OC)C1)C(C)C. The lowest BCUT2D eigenvalue weighted by molar-refractivity contribution is 0.0265.